The molecule has 0 heterocycles. The molecule has 1 fully saturated rings. The van der Waals surface area contributed by atoms with Gasteiger partial charge in [0.1, 0.15) is 5.82 Å². The molecule has 0 aromatic heterocycles. The summed E-state index contributed by atoms with van der Waals surface area (Å²) >= 11 is 5.90. The second kappa shape index (κ2) is 7.75. The van der Waals surface area contributed by atoms with Crippen molar-refractivity contribution in [2.45, 2.75) is 25.8 Å². The summed E-state index contributed by atoms with van der Waals surface area (Å²) in [6, 6.07) is 4.12. The van der Waals surface area contributed by atoms with Crippen LogP contribution < -0.4 is 5.32 Å². The molecular weight excluding hydrogens is 323 g/mol. The number of halogens is 2. The number of methoxy groups -OCH3 is 1. The molecule has 0 bridgehead atoms. The van der Waals surface area contributed by atoms with Gasteiger partial charge in [-0.25, -0.2) is 4.39 Å². The van der Waals surface area contributed by atoms with Crippen LogP contribution in [0.2, 0.25) is 5.02 Å². The van der Waals surface area contributed by atoms with Crippen molar-refractivity contribution in [3.05, 3.63) is 29.0 Å². The van der Waals surface area contributed by atoms with Gasteiger partial charge in [0.2, 0.25) is 5.91 Å². The number of nitrogens with zero attached hydrogens (tertiary/aromatic N) is 1. The number of carbonyl (C=O) groups is 2. The molecule has 0 spiro atoms. The Morgan fingerprint density at radius 2 is 2.17 bits per heavy atom. The molecular formula is C16H20ClFN2O3. The van der Waals surface area contributed by atoms with Crippen LogP contribution in [0.5, 0.6) is 0 Å². The lowest BCUT2D eigenvalue weighted by atomic mass is 10.1. The summed E-state index contributed by atoms with van der Waals surface area (Å²) in [5.41, 5.74) is 0.370. The van der Waals surface area contributed by atoms with Gasteiger partial charge in [-0.3, -0.25) is 14.5 Å². The van der Waals surface area contributed by atoms with Crippen molar-refractivity contribution in [1.82, 2.24) is 4.90 Å². The fourth-order valence-corrected chi connectivity index (χ4v) is 2.59. The van der Waals surface area contributed by atoms with Crippen molar-refractivity contribution in [3.8, 4) is 0 Å². The van der Waals surface area contributed by atoms with Gasteiger partial charge in [-0.2, -0.15) is 0 Å². The van der Waals surface area contributed by atoms with E-state index in [1.165, 1.54) is 19.2 Å². The number of carbonyl (C=O) groups excluding carboxylic acids is 2. The minimum Gasteiger partial charge on any atom is -0.469 e. The maximum Gasteiger partial charge on any atom is 0.309 e. The average molecular weight is 343 g/mol. The van der Waals surface area contributed by atoms with Crippen molar-refractivity contribution < 1.29 is 18.7 Å². The van der Waals surface area contributed by atoms with Gasteiger partial charge in [-0.1, -0.05) is 18.5 Å². The second-order valence-corrected chi connectivity index (χ2v) is 6.16. The molecule has 1 atom stereocenters. The first-order valence-electron chi connectivity index (χ1n) is 7.47. The first kappa shape index (κ1) is 17.7. The molecule has 23 heavy (non-hydrogen) atoms. The highest BCUT2D eigenvalue weighted by molar-refractivity contribution is 6.33. The molecule has 5 nitrogen and oxygen atoms in total. The van der Waals surface area contributed by atoms with E-state index in [0.717, 1.165) is 18.9 Å². The number of ether oxygens (including phenoxy) is 1. The van der Waals surface area contributed by atoms with Gasteiger partial charge in [0.25, 0.3) is 0 Å². The molecule has 7 heteroatoms. The van der Waals surface area contributed by atoms with E-state index in [9.17, 15) is 14.0 Å². The molecule has 0 aliphatic heterocycles. The van der Waals surface area contributed by atoms with E-state index in [-0.39, 0.29) is 29.4 Å². The number of hydrogen-bond acceptors (Lipinski definition) is 4. The Labute approximate surface area is 139 Å². The fraction of sp³-hybridized carbons (Fsp3) is 0.500. The molecule has 2 rings (SSSR count). The van der Waals surface area contributed by atoms with Crippen molar-refractivity contribution >= 4 is 29.2 Å². The summed E-state index contributed by atoms with van der Waals surface area (Å²) in [5.74, 6) is -1.30. The maximum atomic E-state index is 13.0. The van der Waals surface area contributed by atoms with Crippen LogP contribution in [0.4, 0.5) is 10.1 Å². The van der Waals surface area contributed by atoms with Gasteiger partial charge >= 0.3 is 5.97 Å². The van der Waals surface area contributed by atoms with Gasteiger partial charge in [0.15, 0.2) is 0 Å². The maximum absolute atomic E-state index is 13.0. The molecule has 1 amide bonds. The molecule has 0 radical (unpaired) electrons. The zero-order valence-electron chi connectivity index (χ0n) is 13.1. The molecule has 1 saturated carbocycles. The smallest absolute Gasteiger partial charge is 0.309 e. The molecule has 0 saturated heterocycles. The van der Waals surface area contributed by atoms with Crippen LogP contribution in [0.3, 0.4) is 0 Å². The van der Waals surface area contributed by atoms with E-state index in [1.54, 1.807) is 6.92 Å². The van der Waals surface area contributed by atoms with E-state index >= 15 is 0 Å². The normalized spacial score (nSPS) is 15.3. The number of hydrogen-bond donors (Lipinski definition) is 1. The number of amides is 1. The highest BCUT2D eigenvalue weighted by atomic mass is 35.5. The van der Waals surface area contributed by atoms with Crippen LogP contribution in [-0.4, -0.2) is 43.0 Å². The quantitative estimate of drug-likeness (QED) is 0.774. The van der Waals surface area contributed by atoms with Gasteiger partial charge in [0.05, 0.1) is 30.3 Å². The van der Waals surface area contributed by atoms with Crippen LogP contribution >= 0.6 is 11.6 Å². The third-order valence-electron chi connectivity index (χ3n) is 3.73. The molecule has 1 aromatic carbocycles. The molecule has 1 aliphatic rings. The average Bonchev–Trinajstić information content (AvgIpc) is 3.33. The van der Waals surface area contributed by atoms with E-state index in [1.807, 2.05) is 4.90 Å². The number of rotatable bonds is 7. The van der Waals surface area contributed by atoms with Gasteiger partial charge < -0.3 is 10.1 Å². The van der Waals surface area contributed by atoms with Crippen LogP contribution in [0, 0.1) is 11.7 Å². The summed E-state index contributed by atoms with van der Waals surface area (Å²) in [6.45, 7) is 2.39. The Morgan fingerprint density at radius 1 is 1.48 bits per heavy atom. The molecule has 1 N–H and O–H groups in total. The first-order chi connectivity index (χ1) is 10.9. The largest absolute Gasteiger partial charge is 0.469 e. The Balaban J connectivity index is 1.94. The fourth-order valence-electron chi connectivity index (χ4n) is 2.37. The van der Waals surface area contributed by atoms with Gasteiger partial charge in [-0.05, 0) is 31.0 Å². The summed E-state index contributed by atoms with van der Waals surface area (Å²) in [4.78, 5) is 25.7. The van der Waals surface area contributed by atoms with Crippen LogP contribution in [0.15, 0.2) is 18.2 Å². The zero-order valence-corrected chi connectivity index (χ0v) is 13.9. The summed E-state index contributed by atoms with van der Waals surface area (Å²) < 4.78 is 17.7. The monoisotopic (exact) mass is 342 g/mol. The zero-order chi connectivity index (χ0) is 17.0. The third-order valence-corrected chi connectivity index (χ3v) is 4.04. The van der Waals surface area contributed by atoms with Crippen molar-refractivity contribution in [2.24, 2.45) is 5.92 Å². The van der Waals surface area contributed by atoms with E-state index in [0.29, 0.717) is 18.3 Å². The van der Waals surface area contributed by atoms with E-state index in [2.05, 4.69) is 5.32 Å². The standard InChI is InChI=1S/C16H20ClFN2O3/c1-10(16(22)23-2)8-20(12-4-5-12)9-15(21)19-14-6-3-11(18)7-13(14)17/h3,6-7,10,12H,4-5,8-9H2,1-2H3,(H,19,21)/t10-/m1/s1. The van der Waals surface area contributed by atoms with Crippen molar-refractivity contribution in [1.29, 1.82) is 0 Å². The number of benzene rings is 1. The minimum absolute atomic E-state index is 0.152. The molecule has 1 aromatic rings. The highest BCUT2D eigenvalue weighted by Gasteiger charge is 2.32. The van der Waals surface area contributed by atoms with Crippen LogP contribution in [-0.2, 0) is 14.3 Å². The van der Waals surface area contributed by atoms with E-state index < -0.39 is 5.82 Å². The van der Waals surface area contributed by atoms with Crippen molar-refractivity contribution in [2.75, 3.05) is 25.5 Å². The van der Waals surface area contributed by atoms with Crippen LogP contribution in [0.1, 0.15) is 19.8 Å². The number of nitrogens with one attached hydrogen (secondary N) is 1. The Hall–Kier alpha value is -1.66. The second-order valence-electron chi connectivity index (χ2n) is 5.76. The molecule has 126 valence electrons. The lowest BCUT2D eigenvalue weighted by Crippen LogP contribution is -2.39. The SMILES string of the molecule is COC(=O)[C@H](C)CN(CC(=O)Nc1ccc(F)cc1Cl)C1CC1. The van der Waals surface area contributed by atoms with Crippen LogP contribution in [0.25, 0.3) is 0 Å². The minimum atomic E-state index is -0.459. The number of esters is 1. The molecule has 1 aliphatic carbocycles. The summed E-state index contributed by atoms with van der Waals surface area (Å²) in [6.07, 6.45) is 2.02. The Kier molecular flexibility index (Phi) is 5.96. The van der Waals surface area contributed by atoms with Gasteiger partial charge in [0, 0.05) is 12.6 Å². The Morgan fingerprint density at radius 3 is 2.74 bits per heavy atom. The van der Waals surface area contributed by atoms with Crippen molar-refractivity contribution in [3.63, 3.8) is 0 Å². The summed E-state index contributed by atoms with van der Waals surface area (Å²) in [5, 5.41) is 2.82. The lowest BCUT2D eigenvalue weighted by Gasteiger charge is -2.24. The number of anilines is 1. The summed E-state index contributed by atoms with van der Waals surface area (Å²) in [7, 11) is 1.35. The first-order valence-corrected chi connectivity index (χ1v) is 7.85. The topological polar surface area (TPSA) is 58.6 Å². The third kappa shape index (κ3) is 5.18. The van der Waals surface area contributed by atoms with E-state index in [4.69, 9.17) is 16.3 Å². The van der Waals surface area contributed by atoms with Gasteiger partial charge in [-0.15, -0.1) is 0 Å². The predicted molar refractivity (Wildman–Crippen MR) is 85.8 cm³/mol. The lowest BCUT2D eigenvalue weighted by molar-refractivity contribution is -0.145. The highest BCUT2D eigenvalue weighted by Crippen LogP contribution is 2.28. The Bertz CT molecular complexity index is 593. The predicted octanol–water partition coefficient (Wildman–Crippen LogP) is 2.69. The molecule has 0 unspecified atom stereocenters.